The van der Waals surface area contributed by atoms with E-state index < -0.39 is 0 Å². The first-order chi connectivity index (χ1) is 8.85. The van der Waals surface area contributed by atoms with Gasteiger partial charge in [-0.05, 0) is 44.8 Å². The standard InChI is InChI=1S/C15H31N3O/c1-11(2)6-13(8-16)7-15(19)18-9-12(3)14(10-18)17(4)5/h11-14H,6-10,16H2,1-5H3/t12?,13-,14?/m0/s1. The second kappa shape index (κ2) is 7.25. The van der Waals surface area contributed by atoms with Crippen LogP contribution in [0.2, 0.25) is 0 Å². The third-order valence-corrected chi connectivity index (χ3v) is 4.19. The second-order valence-electron chi connectivity index (χ2n) is 6.74. The molecule has 0 radical (unpaired) electrons. The molecule has 4 heteroatoms. The maximum Gasteiger partial charge on any atom is 0.222 e. The maximum atomic E-state index is 12.4. The summed E-state index contributed by atoms with van der Waals surface area (Å²) in [4.78, 5) is 16.6. The van der Waals surface area contributed by atoms with Crippen LogP contribution in [0, 0.1) is 17.8 Å². The number of carbonyl (C=O) groups is 1. The Morgan fingerprint density at radius 3 is 2.42 bits per heavy atom. The molecular weight excluding hydrogens is 238 g/mol. The Balaban J connectivity index is 2.50. The van der Waals surface area contributed by atoms with Crippen molar-refractivity contribution < 1.29 is 4.79 Å². The van der Waals surface area contributed by atoms with Gasteiger partial charge in [-0.2, -0.15) is 0 Å². The van der Waals surface area contributed by atoms with Crippen molar-refractivity contribution in [3.63, 3.8) is 0 Å². The molecule has 3 atom stereocenters. The fraction of sp³-hybridized carbons (Fsp3) is 0.933. The molecule has 1 heterocycles. The number of likely N-dealkylation sites (tertiary alicyclic amines) is 1. The Hall–Kier alpha value is -0.610. The van der Waals surface area contributed by atoms with Crippen molar-refractivity contribution in [3.8, 4) is 0 Å². The molecule has 0 spiro atoms. The van der Waals surface area contributed by atoms with Gasteiger partial charge in [0.05, 0.1) is 0 Å². The number of hydrogen-bond acceptors (Lipinski definition) is 3. The molecule has 1 saturated heterocycles. The molecule has 112 valence electrons. The zero-order valence-electron chi connectivity index (χ0n) is 13.2. The van der Waals surface area contributed by atoms with Gasteiger partial charge in [0, 0.05) is 25.6 Å². The predicted octanol–water partition coefficient (Wildman–Crippen LogP) is 1.41. The molecule has 19 heavy (non-hydrogen) atoms. The van der Waals surface area contributed by atoms with E-state index in [0.29, 0.717) is 36.8 Å². The van der Waals surface area contributed by atoms with Crippen LogP contribution in [0.5, 0.6) is 0 Å². The first-order valence-electron chi connectivity index (χ1n) is 7.49. The van der Waals surface area contributed by atoms with Crippen LogP contribution in [-0.2, 0) is 4.79 Å². The molecule has 1 fully saturated rings. The predicted molar refractivity (Wildman–Crippen MR) is 79.8 cm³/mol. The summed E-state index contributed by atoms with van der Waals surface area (Å²) >= 11 is 0. The Morgan fingerprint density at radius 2 is 2.00 bits per heavy atom. The van der Waals surface area contributed by atoms with Gasteiger partial charge in [-0.1, -0.05) is 20.8 Å². The van der Waals surface area contributed by atoms with Gasteiger partial charge >= 0.3 is 0 Å². The summed E-state index contributed by atoms with van der Waals surface area (Å²) in [5.41, 5.74) is 5.79. The van der Waals surface area contributed by atoms with Crippen LogP contribution in [0.15, 0.2) is 0 Å². The summed E-state index contributed by atoms with van der Waals surface area (Å²) in [6.45, 7) is 8.98. The second-order valence-corrected chi connectivity index (χ2v) is 6.74. The molecule has 0 aromatic carbocycles. The molecule has 4 nitrogen and oxygen atoms in total. The van der Waals surface area contributed by atoms with Gasteiger partial charge in [-0.25, -0.2) is 0 Å². The third-order valence-electron chi connectivity index (χ3n) is 4.19. The summed E-state index contributed by atoms with van der Waals surface area (Å²) in [7, 11) is 4.19. The number of carbonyl (C=O) groups excluding carboxylic acids is 1. The van der Waals surface area contributed by atoms with E-state index in [1.807, 2.05) is 4.90 Å². The van der Waals surface area contributed by atoms with Crippen molar-refractivity contribution in [1.82, 2.24) is 9.80 Å². The smallest absolute Gasteiger partial charge is 0.222 e. The van der Waals surface area contributed by atoms with Crippen molar-refractivity contribution in [2.45, 2.75) is 39.7 Å². The summed E-state index contributed by atoms with van der Waals surface area (Å²) in [5.74, 6) is 1.78. The van der Waals surface area contributed by atoms with E-state index in [2.05, 4.69) is 39.8 Å². The normalized spacial score (nSPS) is 25.4. The molecule has 1 rings (SSSR count). The van der Waals surface area contributed by atoms with Crippen LogP contribution in [0.4, 0.5) is 0 Å². The fourth-order valence-electron chi connectivity index (χ4n) is 3.13. The SMILES string of the molecule is CC(C)C[C@H](CN)CC(=O)N1CC(C)C(N(C)C)C1. The maximum absolute atomic E-state index is 12.4. The molecule has 1 aliphatic rings. The van der Waals surface area contributed by atoms with Gasteiger partial charge in [0.2, 0.25) is 5.91 Å². The van der Waals surface area contributed by atoms with Crippen LogP contribution < -0.4 is 5.73 Å². The molecule has 1 aliphatic heterocycles. The molecule has 0 aromatic rings. The third kappa shape index (κ3) is 4.77. The largest absolute Gasteiger partial charge is 0.341 e. The van der Waals surface area contributed by atoms with Gasteiger partial charge in [-0.15, -0.1) is 0 Å². The van der Waals surface area contributed by atoms with Gasteiger partial charge < -0.3 is 15.5 Å². The highest BCUT2D eigenvalue weighted by molar-refractivity contribution is 5.76. The van der Waals surface area contributed by atoms with E-state index in [4.69, 9.17) is 5.73 Å². The lowest BCUT2D eigenvalue weighted by Crippen LogP contribution is -2.36. The minimum Gasteiger partial charge on any atom is -0.341 e. The van der Waals surface area contributed by atoms with E-state index in [1.54, 1.807) is 0 Å². The van der Waals surface area contributed by atoms with Crippen LogP contribution >= 0.6 is 0 Å². The molecular formula is C15H31N3O. The summed E-state index contributed by atoms with van der Waals surface area (Å²) in [6.07, 6.45) is 1.66. The lowest BCUT2D eigenvalue weighted by molar-refractivity contribution is -0.131. The van der Waals surface area contributed by atoms with E-state index >= 15 is 0 Å². The van der Waals surface area contributed by atoms with E-state index in [-0.39, 0.29) is 5.91 Å². The number of rotatable bonds is 6. The monoisotopic (exact) mass is 269 g/mol. The minimum atomic E-state index is 0.285. The molecule has 0 aromatic heterocycles. The summed E-state index contributed by atoms with van der Waals surface area (Å²) in [5, 5.41) is 0. The van der Waals surface area contributed by atoms with E-state index in [1.165, 1.54) is 0 Å². The lowest BCUT2D eigenvalue weighted by Gasteiger charge is -2.23. The number of nitrogens with zero attached hydrogens (tertiary/aromatic N) is 2. The molecule has 2 unspecified atom stereocenters. The van der Waals surface area contributed by atoms with Crippen molar-refractivity contribution in [2.24, 2.45) is 23.5 Å². The first kappa shape index (κ1) is 16.4. The van der Waals surface area contributed by atoms with Crippen molar-refractivity contribution in [1.29, 1.82) is 0 Å². The molecule has 2 N–H and O–H groups in total. The minimum absolute atomic E-state index is 0.285. The zero-order valence-corrected chi connectivity index (χ0v) is 13.2. The van der Waals surface area contributed by atoms with Crippen LogP contribution in [0.1, 0.15) is 33.6 Å². The van der Waals surface area contributed by atoms with Crippen molar-refractivity contribution in [2.75, 3.05) is 33.7 Å². The average molecular weight is 269 g/mol. The Kier molecular flexibility index (Phi) is 6.27. The van der Waals surface area contributed by atoms with Crippen LogP contribution in [0.25, 0.3) is 0 Å². The van der Waals surface area contributed by atoms with Gasteiger partial charge in [0.15, 0.2) is 0 Å². The van der Waals surface area contributed by atoms with Gasteiger partial charge in [0.25, 0.3) is 0 Å². The fourth-order valence-corrected chi connectivity index (χ4v) is 3.13. The molecule has 0 aliphatic carbocycles. The Bertz CT molecular complexity index is 291. The van der Waals surface area contributed by atoms with Crippen LogP contribution in [0.3, 0.4) is 0 Å². The first-order valence-corrected chi connectivity index (χ1v) is 7.49. The summed E-state index contributed by atoms with van der Waals surface area (Å²) in [6, 6.07) is 0.491. The van der Waals surface area contributed by atoms with Gasteiger partial charge in [-0.3, -0.25) is 4.79 Å². The lowest BCUT2D eigenvalue weighted by atomic mass is 9.94. The number of hydrogen-bond donors (Lipinski definition) is 1. The topological polar surface area (TPSA) is 49.6 Å². The summed E-state index contributed by atoms with van der Waals surface area (Å²) < 4.78 is 0. The Morgan fingerprint density at radius 1 is 1.37 bits per heavy atom. The molecule has 1 amide bonds. The number of nitrogens with two attached hydrogens (primary N) is 1. The molecule has 0 saturated carbocycles. The van der Waals surface area contributed by atoms with Crippen molar-refractivity contribution >= 4 is 5.91 Å². The quantitative estimate of drug-likeness (QED) is 0.793. The van der Waals surface area contributed by atoms with E-state index in [9.17, 15) is 4.79 Å². The van der Waals surface area contributed by atoms with E-state index in [0.717, 1.165) is 19.5 Å². The highest BCUT2D eigenvalue weighted by Crippen LogP contribution is 2.23. The number of amides is 1. The molecule has 0 bridgehead atoms. The Labute approximate surface area is 118 Å². The average Bonchev–Trinajstić information content (AvgIpc) is 2.70. The van der Waals surface area contributed by atoms with Gasteiger partial charge in [0.1, 0.15) is 0 Å². The highest BCUT2D eigenvalue weighted by Gasteiger charge is 2.33. The number of likely N-dealkylation sites (N-methyl/N-ethyl adjacent to an activating group) is 1. The van der Waals surface area contributed by atoms with Crippen molar-refractivity contribution in [3.05, 3.63) is 0 Å². The van der Waals surface area contributed by atoms with Crippen LogP contribution in [-0.4, -0.2) is 55.5 Å². The zero-order chi connectivity index (χ0) is 14.6. The highest BCUT2D eigenvalue weighted by atomic mass is 16.2.